The zero-order valence-electron chi connectivity index (χ0n) is 11.5. The molecule has 20 heavy (non-hydrogen) atoms. The molecule has 0 saturated carbocycles. The predicted octanol–water partition coefficient (Wildman–Crippen LogP) is 1.42. The molecule has 1 aliphatic carbocycles. The van der Waals surface area contributed by atoms with E-state index in [1.54, 1.807) is 6.92 Å². The van der Waals surface area contributed by atoms with Crippen LogP contribution >= 0.6 is 0 Å². The van der Waals surface area contributed by atoms with E-state index in [1.807, 2.05) is 6.92 Å². The van der Waals surface area contributed by atoms with E-state index in [0.29, 0.717) is 18.4 Å². The molecule has 2 fully saturated rings. The fraction of sp³-hybridized carbons (Fsp3) is 0.600. The van der Waals surface area contributed by atoms with Gasteiger partial charge < -0.3 is 14.2 Å². The molecule has 2 bridgehead atoms. The molecule has 5 heteroatoms. The molecule has 0 radical (unpaired) electrons. The molecule has 0 amide bonds. The lowest BCUT2D eigenvalue weighted by Crippen LogP contribution is -2.26. The summed E-state index contributed by atoms with van der Waals surface area (Å²) >= 11 is 0. The highest BCUT2D eigenvalue weighted by molar-refractivity contribution is 5.93. The number of esters is 2. The molecule has 3 aliphatic heterocycles. The minimum absolute atomic E-state index is 0.247. The van der Waals surface area contributed by atoms with Crippen molar-refractivity contribution >= 4 is 11.9 Å². The van der Waals surface area contributed by atoms with Gasteiger partial charge in [0.1, 0.15) is 12.2 Å². The highest BCUT2D eigenvalue weighted by atomic mass is 16.7. The Morgan fingerprint density at radius 3 is 2.80 bits per heavy atom. The van der Waals surface area contributed by atoms with Crippen molar-refractivity contribution in [1.82, 2.24) is 0 Å². The van der Waals surface area contributed by atoms with Crippen LogP contribution in [-0.4, -0.2) is 35.9 Å². The topological polar surface area (TPSA) is 65.1 Å². The number of fused-ring (bicyclic) bond motifs is 2. The molecule has 4 aliphatic rings. The van der Waals surface area contributed by atoms with Crippen LogP contribution in [0.15, 0.2) is 22.8 Å². The number of rotatable bonds is 0. The number of carbonyl (C=O) groups excluding carboxylic acids is 2. The first kappa shape index (κ1) is 12.1. The van der Waals surface area contributed by atoms with E-state index >= 15 is 0 Å². The van der Waals surface area contributed by atoms with E-state index in [-0.39, 0.29) is 24.1 Å². The molecule has 3 heterocycles. The third kappa shape index (κ3) is 1.41. The van der Waals surface area contributed by atoms with E-state index in [0.717, 1.165) is 17.6 Å². The molecule has 5 nitrogen and oxygen atoms in total. The van der Waals surface area contributed by atoms with Crippen molar-refractivity contribution in [3.63, 3.8) is 0 Å². The number of ether oxygens (including phenoxy) is 3. The monoisotopic (exact) mass is 276 g/mol. The number of carbonyl (C=O) groups is 2. The highest BCUT2D eigenvalue weighted by Crippen LogP contribution is 2.54. The summed E-state index contributed by atoms with van der Waals surface area (Å²) in [5.41, 5.74) is 1.75. The van der Waals surface area contributed by atoms with Crippen LogP contribution in [0.3, 0.4) is 0 Å². The Morgan fingerprint density at radius 2 is 2.05 bits per heavy atom. The Morgan fingerprint density at radius 1 is 1.25 bits per heavy atom. The molecule has 106 valence electrons. The second-order valence-corrected chi connectivity index (χ2v) is 6.02. The Hall–Kier alpha value is -1.62. The Labute approximate surface area is 116 Å². The van der Waals surface area contributed by atoms with E-state index in [1.165, 1.54) is 0 Å². The fourth-order valence-corrected chi connectivity index (χ4v) is 3.57. The van der Waals surface area contributed by atoms with Crippen LogP contribution in [0.25, 0.3) is 0 Å². The molecule has 0 aromatic rings. The van der Waals surface area contributed by atoms with Gasteiger partial charge in [-0.25, -0.2) is 9.59 Å². The SMILES string of the molecule is CC1=CCC[C@]23O[C@H]2[C@@H](OC3=O)C2=C(C)C(=O)O[C@@H]2C1. The van der Waals surface area contributed by atoms with Crippen LogP contribution < -0.4 is 0 Å². The summed E-state index contributed by atoms with van der Waals surface area (Å²) in [7, 11) is 0. The summed E-state index contributed by atoms with van der Waals surface area (Å²) in [5.74, 6) is -0.606. The fourth-order valence-electron chi connectivity index (χ4n) is 3.57. The van der Waals surface area contributed by atoms with Crippen molar-refractivity contribution in [1.29, 1.82) is 0 Å². The first-order valence-corrected chi connectivity index (χ1v) is 6.99. The van der Waals surface area contributed by atoms with Gasteiger partial charge in [-0.2, -0.15) is 0 Å². The van der Waals surface area contributed by atoms with Gasteiger partial charge in [-0.1, -0.05) is 11.6 Å². The molecule has 0 aromatic heterocycles. The number of epoxide rings is 1. The third-order valence-electron chi connectivity index (χ3n) is 4.75. The van der Waals surface area contributed by atoms with Crippen molar-refractivity contribution < 1.29 is 23.8 Å². The normalized spacial score (nSPS) is 42.5. The molecular weight excluding hydrogens is 260 g/mol. The van der Waals surface area contributed by atoms with Gasteiger partial charge in [0.05, 0.1) is 0 Å². The van der Waals surface area contributed by atoms with Crippen molar-refractivity contribution in [2.45, 2.75) is 57.0 Å². The van der Waals surface area contributed by atoms with Crippen LogP contribution in [0, 0.1) is 0 Å². The zero-order chi connectivity index (χ0) is 14.1. The lowest BCUT2D eigenvalue weighted by Gasteiger charge is -2.19. The second-order valence-electron chi connectivity index (χ2n) is 6.02. The quantitative estimate of drug-likeness (QED) is 0.380. The third-order valence-corrected chi connectivity index (χ3v) is 4.75. The standard InChI is InChI=1S/C15H16O5/c1-7-4-3-5-15-12(20-15)11(19-14(15)17)10-8(2)13(16)18-9(10)6-7/h4,9,11-12H,3,5-6H2,1-2H3/t9-,11+,12+,15+/m1/s1. The van der Waals surface area contributed by atoms with Crippen molar-refractivity contribution in [2.75, 3.05) is 0 Å². The minimum atomic E-state index is -0.776. The van der Waals surface area contributed by atoms with Gasteiger partial charge in [0.2, 0.25) is 0 Å². The van der Waals surface area contributed by atoms with Crippen molar-refractivity contribution in [2.24, 2.45) is 0 Å². The maximum absolute atomic E-state index is 12.1. The molecular formula is C15H16O5. The molecule has 0 unspecified atom stereocenters. The van der Waals surface area contributed by atoms with Crippen LogP contribution in [0.2, 0.25) is 0 Å². The van der Waals surface area contributed by atoms with E-state index in [4.69, 9.17) is 14.2 Å². The van der Waals surface area contributed by atoms with Gasteiger partial charge in [-0.3, -0.25) is 0 Å². The summed E-state index contributed by atoms with van der Waals surface area (Å²) in [6.07, 6.45) is 3.16. The first-order valence-electron chi connectivity index (χ1n) is 6.99. The largest absolute Gasteiger partial charge is 0.454 e. The van der Waals surface area contributed by atoms with Gasteiger partial charge >= 0.3 is 11.9 Å². The van der Waals surface area contributed by atoms with Crippen LogP contribution in [-0.2, 0) is 23.8 Å². The lowest BCUT2D eigenvalue weighted by atomic mass is 9.88. The molecule has 0 spiro atoms. The highest BCUT2D eigenvalue weighted by Gasteiger charge is 2.73. The average Bonchev–Trinajstić information content (AvgIpc) is 2.98. The summed E-state index contributed by atoms with van der Waals surface area (Å²) in [6.45, 7) is 3.76. The Kier molecular flexibility index (Phi) is 2.26. The smallest absolute Gasteiger partial charge is 0.342 e. The average molecular weight is 276 g/mol. The van der Waals surface area contributed by atoms with E-state index in [9.17, 15) is 9.59 Å². The molecule has 4 atom stereocenters. The van der Waals surface area contributed by atoms with E-state index in [2.05, 4.69) is 6.08 Å². The molecule has 0 aromatic carbocycles. The molecule has 4 rings (SSSR count). The van der Waals surface area contributed by atoms with Gasteiger partial charge in [0.25, 0.3) is 0 Å². The predicted molar refractivity (Wildman–Crippen MR) is 67.7 cm³/mol. The first-order chi connectivity index (χ1) is 9.53. The number of hydrogen-bond donors (Lipinski definition) is 0. The van der Waals surface area contributed by atoms with Crippen LogP contribution in [0.5, 0.6) is 0 Å². The summed E-state index contributed by atoms with van der Waals surface area (Å²) in [6, 6.07) is 0. The van der Waals surface area contributed by atoms with Crippen LogP contribution in [0.1, 0.15) is 33.1 Å². The second kappa shape index (κ2) is 3.73. The van der Waals surface area contributed by atoms with Crippen molar-refractivity contribution in [3.8, 4) is 0 Å². The minimum Gasteiger partial charge on any atom is -0.454 e. The van der Waals surface area contributed by atoms with Gasteiger partial charge in [0, 0.05) is 17.6 Å². The lowest BCUT2D eigenvalue weighted by molar-refractivity contribution is -0.152. The van der Waals surface area contributed by atoms with Crippen molar-refractivity contribution in [3.05, 3.63) is 22.8 Å². The number of allylic oxidation sites excluding steroid dienone is 1. The Bertz CT molecular complexity index is 587. The van der Waals surface area contributed by atoms with E-state index < -0.39 is 11.7 Å². The van der Waals surface area contributed by atoms with Crippen LogP contribution in [0.4, 0.5) is 0 Å². The maximum atomic E-state index is 12.1. The van der Waals surface area contributed by atoms with Gasteiger partial charge in [0.15, 0.2) is 11.7 Å². The molecule has 0 N–H and O–H groups in total. The maximum Gasteiger partial charge on any atom is 0.342 e. The molecule has 2 saturated heterocycles. The Balaban J connectivity index is 1.80. The summed E-state index contributed by atoms with van der Waals surface area (Å²) in [4.78, 5) is 23.9. The number of hydrogen-bond acceptors (Lipinski definition) is 5. The summed E-state index contributed by atoms with van der Waals surface area (Å²) in [5, 5.41) is 0. The van der Waals surface area contributed by atoms with Gasteiger partial charge in [-0.05, 0) is 26.7 Å². The summed E-state index contributed by atoms with van der Waals surface area (Å²) < 4.78 is 16.6. The zero-order valence-corrected chi connectivity index (χ0v) is 11.5. The van der Waals surface area contributed by atoms with Gasteiger partial charge in [-0.15, -0.1) is 0 Å².